The lowest BCUT2D eigenvalue weighted by atomic mass is 9.81. The highest BCUT2D eigenvalue weighted by Crippen LogP contribution is 2.37. The molecule has 3 aromatic rings. The standard InChI is InChI=1S/C26H31FN2O2/c27-22-10-5-18(6-11-22)2-1-15-29(17-19-3-4-19)23-12-7-20(8-13-23)21-9-14-24-25(16-21)31-26(30)28-24/h5-6,9-11,14,16,19-20,23H,1-4,7-8,12-13,15,17H2,(H,28,30). The summed E-state index contributed by atoms with van der Waals surface area (Å²) in [4.78, 5) is 16.9. The topological polar surface area (TPSA) is 49.2 Å². The number of hydrogen-bond donors (Lipinski definition) is 1. The Morgan fingerprint density at radius 1 is 1.00 bits per heavy atom. The molecule has 0 radical (unpaired) electrons. The van der Waals surface area contributed by atoms with Crippen LogP contribution in [-0.4, -0.2) is 29.0 Å². The van der Waals surface area contributed by atoms with Crippen LogP contribution in [0.2, 0.25) is 0 Å². The van der Waals surface area contributed by atoms with Crippen LogP contribution in [0.3, 0.4) is 0 Å². The predicted molar refractivity (Wildman–Crippen MR) is 121 cm³/mol. The third kappa shape index (κ3) is 5.09. The molecule has 1 heterocycles. The first kappa shape index (κ1) is 20.5. The normalized spacial score (nSPS) is 21.7. The van der Waals surface area contributed by atoms with Crippen molar-refractivity contribution >= 4 is 11.1 Å². The number of oxazole rings is 1. The summed E-state index contributed by atoms with van der Waals surface area (Å²) in [7, 11) is 0. The molecule has 1 N–H and O–H groups in total. The summed E-state index contributed by atoms with van der Waals surface area (Å²) in [6, 6.07) is 13.8. The molecule has 4 nitrogen and oxygen atoms in total. The van der Waals surface area contributed by atoms with Gasteiger partial charge in [0.05, 0.1) is 5.52 Å². The van der Waals surface area contributed by atoms with Crippen LogP contribution >= 0.6 is 0 Å². The van der Waals surface area contributed by atoms with E-state index in [1.807, 2.05) is 24.3 Å². The third-order valence-corrected chi connectivity index (χ3v) is 7.14. The largest absolute Gasteiger partial charge is 0.417 e. The van der Waals surface area contributed by atoms with Gasteiger partial charge in [-0.1, -0.05) is 18.2 Å². The van der Waals surface area contributed by atoms with Crippen LogP contribution < -0.4 is 5.76 Å². The van der Waals surface area contributed by atoms with Crippen LogP contribution in [0.15, 0.2) is 51.7 Å². The average Bonchev–Trinajstić information content (AvgIpc) is 3.52. The number of nitrogens with one attached hydrogen (secondary N) is 1. The molecule has 5 heteroatoms. The zero-order valence-corrected chi connectivity index (χ0v) is 18.0. The Bertz CT molecular complexity index is 1060. The number of aromatic amines is 1. The molecule has 0 bridgehead atoms. The summed E-state index contributed by atoms with van der Waals surface area (Å²) >= 11 is 0. The maximum Gasteiger partial charge on any atom is 0.417 e. The number of aryl methyl sites for hydroxylation is 1. The van der Waals surface area contributed by atoms with E-state index in [9.17, 15) is 9.18 Å². The molecule has 1 aromatic heterocycles. The first-order valence-electron chi connectivity index (χ1n) is 11.8. The highest BCUT2D eigenvalue weighted by Gasteiger charge is 2.31. The number of halogens is 1. The molecule has 5 rings (SSSR count). The van der Waals surface area contributed by atoms with Crippen molar-refractivity contribution in [1.29, 1.82) is 0 Å². The molecule has 2 aliphatic rings. The van der Waals surface area contributed by atoms with E-state index in [1.54, 1.807) is 12.1 Å². The van der Waals surface area contributed by atoms with Crippen LogP contribution in [0.25, 0.3) is 11.1 Å². The third-order valence-electron chi connectivity index (χ3n) is 7.14. The fourth-order valence-corrected chi connectivity index (χ4v) is 5.18. The van der Waals surface area contributed by atoms with Gasteiger partial charge in [-0.3, -0.25) is 4.98 Å². The zero-order valence-electron chi connectivity index (χ0n) is 18.0. The van der Waals surface area contributed by atoms with Gasteiger partial charge in [0, 0.05) is 12.6 Å². The van der Waals surface area contributed by atoms with E-state index in [4.69, 9.17) is 4.42 Å². The Hall–Kier alpha value is -2.40. The van der Waals surface area contributed by atoms with Gasteiger partial charge in [0.25, 0.3) is 0 Å². The maximum absolute atomic E-state index is 13.1. The van der Waals surface area contributed by atoms with Crippen molar-refractivity contribution in [2.24, 2.45) is 5.92 Å². The number of nitrogens with zero attached hydrogens (tertiary/aromatic N) is 1. The minimum atomic E-state index is -0.382. The van der Waals surface area contributed by atoms with E-state index in [2.05, 4.69) is 16.0 Å². The summed E-state index contributed by atoms with van der Waals surface area (Å²) in [6.07, 6.45) is 9.72. The summed E-state index contributed by atoms with van der Waals surface area (Å²) in [5.74, 6) is 0.895. The number of aromatic nitrogens is 1. The van der Waals surface area contributed by atoms with Crippen molar-refractivity contribution in [2.45, 2.75) is 63.3 Å². The predicted octanol–water partition coefficient (Wildman–Crippen LogP) is 5.63. The van der Waals surface area contributed by atoms with E-state index >= 15 is 0 Å². The maximum atomic E-state index is 13.1. The molecule has 0 atom stereocenters. The number of fused-ring (bicyclic) bond motifs is 1. The Balaban J connectivity index is 1.17. The van der Waals surface area contributed by atoms with Crippen LogP contribution in [0.1, 0.15) is 62.0 Å². The zero-order chi connectivity index (χ0) is 21.2. The second-order valence-electron chi connectivity index (χ2n) is 9.44. The molecule has 0 spiro atoms. The Morgan fingerprint density at radius 3 is 2.52 bits per heavy atom. The van der Waals surface area contributed by atoms with Crippen molar-refractivity contribution in [3.63, 3.8) is 0 Å². The lowest BCUT2D eigenvalue weighted by Gasteiger charge is -2.37. The van der Waals surface area contributed by atoms with Gasteiger partial charge in [0.15, 0.2) is 5.58 Å². The summed E-state index contributed by atoms with van der Waals surface area (Å²) in [6.45, 7) is 2.36. The van der Waals surface area contributed by atoms with Gasteiger partial charge in [0.2, 0.25) is 0 Å². The summed E-state index contributed by atoms with van der Waals surface area (Å²) < 4.78 is 18.4. The Labute approximate surface area is 182 Å². The van der Waals surface area contributed by atoms with Crippen LogP contribution in [0.5, 0.6) is 0 Å². The van der Waals surface area contributed by atoms with Crippen LogP contribution in [-0.2, 0) is 6.42 Å². The molecular weight excluding hydrogens is 391 g/mol. The molecule has 2 aliphatic carbocycles. The number of H-pyrrole nitrogens is 1. The number of hydrogen-bond acceptors (Lipinski definition) is 3. The van der Waals surface area contributed by atoms with E-state index in [-0.39, 0.29) is 11.6 Å². The minimum Gasteiger partial charge on any atom is -0.408 e. The smallest absolute Gasteiger partial charge is 0.408 e. The fraction of sp³-hybridized carbons (Fsp3) is 0.500. The quantitative estimate of drug-likeness (QED) is 0.512. The molecular formula is C26H31FN2O2. The van der Waals surface area contributed by atoms with Gasteiger partial charge in [-0.2, -0.15) is 0 Å². The second-order valence-corrected chi connectivity index (χ2v) is 9.44. The van der Waals surface area contributed by atoms with Gasteiger partial charge in [-0.25, -0.2) is 9.18 Å². The molecule has 0 aliphatic heterocycles. The average molecular weight is 423 g/mol. The van der Waals surface area contributed by atoms with Crippen molar-refractivity contribution < 1.29 is 8.81 Å². The minimum absolute atomic E-state index is 0.159. The molecule has 164 valence electrons. The van der Waals surface area contributed by atoms with Gasteiger partial charge in [-0.05, 0) is 105 Å². The molecule has 2 fully saturated rings. The fourth-order valence-electron chi connectivity index (χ4n) is 5.18. The molecule has 0 amide bonds. The Kier molecular flexibility index (Phi) is 5.95. The summed E-state index contributed by atoms with van der Waals surface area (Å²) in [5, 5.41) is 0. The van der Waals surface area contributed by atoms with Crippen LogP contribution in [0.4, 0.5) is 4.39 Å². The molecule has 0 unspecified atom stereocenters. The van der Waals surface area contributed by atoms with Gasteiger partial charge >= 0.3 is 5.76 Å². The van der Waals surface area contributed by atoms with Gasteiger partial charge < -0.3 is 9.32 Å². The lowest BCUT2D eigenvalue weighted by Crippen LogP contribution is -2.40. The number of benzene rings is 2. The van der Waals surface area contributed by atoms with E-state index in [1.165, 1.54) is 56.2 Å². The first-order chi connectivity index (χ1) is 15.1. The monoisotopic (exact) mass is 422 g/mol. The molecule has 2 aromatic carbocycles. The highest BCUT2D eigenvalue weighted by atomic mass is 19.1. The summed E-state index contributed by atoms with van der Waals surface area (Å²) in [5.41, 5.74) is 3.96. The first-order valence-corrected chi connectivity index (χ1v) is 11.8. The van der Waals surface area contributed by atoms with Crippen molar-refractivity contribution in [1.82, 2.24) is 9.88 Å². The van der Waals surface area contributed by atoms with E-state index < -0.39 is 0 Å². The number of rotatable bonds is 8. The van der Waals surface area contributed by atoms with Gasteiger partial charge in [0.1, 0.15) is 5.82 Å². The van der Waals surface area contributed by atoms with Crippen molar-refractivity contribution in [3.8, 4) is 0 Å². The van der Waals surface area contributed by atoms with E-state index in [0.717, 1.165) is 30.8 Å². The molecule has 31 heavy (non-hydrogen) atoms. The molecule has 0 saturated heterocycles. The second kappa shape index (κ2) is 8.99. The lowest BCUT2D eigenvalue weighted by molar-refractivity contribution is 0.141. The van der Waals surface area contributed by atoms with E-state index in [0.29, 0.717) is 17.5 Å². The van der Waals surface area contributed by atoms with Crippen LogP contribution in [0, 0.1) is 11.7 Å². The highest BCUT2D eigenvalue weighted by molar-refractivity contribution is 5.72. The Morgan fingerprint density at radius 2 is 1.77 bits per heavy atom. The molecule has 2 saturated carbocycles. The SMILES string of the molecule is O=c1[nH]c2ccc(C3CCC(N(CCCc4ccc(F)cc4)CC4CC4)CC3)cc2o1. The van der Waals surface area contributed by atoms with Crippen molar-refractivity contribution in [2.75, 3.05) is 13.1 Å². The van der Waals surface area contributed by atoms with Gasteiger partial charge in [-0.15, -0.1) is 0 Å². The van der Waals surface area contributed by atoms with Crippen molar-refractivity contribution in [3.05, 3.63) is 70.0 Å².